The van der Waals surface area contributed by atoms with Crippen LogP contribution in [0, 0.1) is 5.92 Å². The van der Waals surface area contributed by atoms with Crippen molar-refractivity contribution in [1.82, 2.24) is 20.3 Å². The molecule has 8 heteroatoms. The van der Waals surface area contributed by atoms with E-state index in [4.69, 9.17) is 23.8 Å². The average Bonchev–Trinajstić information content (AvgIpc) is 2.60. The molecule has 0 spiro atoms. The second kappa shape index (κ2) is 8.40. The van der Waals surface area contributed by atoms with Crippen LogP contribution in [0.5, 0.6) is 0 Å². The molecule has 0 amide bonds. The number of nitrogens with zero attached hydrogens (tertiary/aromatic N) is 4. The lowest BCUT2D eigenvalue weighted by Crippen LogP contribution is -2.35. The highest BCUT2D eigenvalue weighted by Gasteiger charge is 2.19. The summed E-state index contributed by atoms with van der Waals surface area (Å²) in [5.41, 5.74) is 1.04. The van der Waals surface area contributed by atoms with E-state index in [-0.39, 0.29) is 0 Å². The van der Waals surface area contributed by atoms with Crippen LogP contribution in [0.4, 0.5) is 11.8 Å². The van der Waals surface area contributed by atoms with Gasteiger partial charge in [-0.15, -0.1) is 0 Å². The normalized spacial score (nSPS) is 17.2. The van der Waals surface area contributed by atoms with Crippen LogP contribution in [0.2, 0.25) is 5.15 Å². The Labute approximate surface area is 158 Å². The topological polar surface area (TPSA) is 66.0 Å². The molecule has 1 atom stereocenters. The third-order valence-corrected chi connectivity index (χ3v) is 4.50. The van der Waals surface area contributed by atoms with Gasteiger partial charge in [0.15, 0.2) is 5.11 Å². The Kier molecular flexibility index (Phi) is 5.99. The van der Waals surface area contributed by atoms with Crippen molar-refractivity contribution in [3.8, 4) is 0 Å². The zero-order valence-corrected chi connectivity index (χ0v) is 15.6. The van der Waals surface area contributed by atoms with Crippen molar-refractivity contribution >= 4 is 40.7 Å². The van der Waals surface area contributed by atoms with E-state index >= 15 is 0 Å². The number of pyridine rings is 1. The number of piperidine rings is 1. The summed E-state index contributed by atoms with van der Waals surface area (Å²) in [6, 6.07) is 5.67. The first-order valence-corrected chi connectivity index (χ1v) is 9.12. The smallest absolute Gasteiger partial charge is 0.232 e. The van der Waals surface area contributed by atoms with Gasteiger partial charge in [0.05, 0.1) is 0 Å². The van der Waals surface area contributed by atoms with Crippen molar-refractivity contribution in [2.75, 3.05) is 23.3 Å². The lowest BCUT2D eigenvalue weighted by molar-refractivity contribution is 0.444. The average molecular weight is 377 g/mol. The highest BCUT2D eigenvalue weighted by molar-refractivity contribution is 7.80. The predicted octanol–water partition coefficient (Wildman–Crippen LogP) is 3.25. The molecule has 1 aliphatic heterocycles. The number of rotatable bonds is 4. The summed E-state index contributed by atoms with van der Waals surface area (Å²) in [7, 11) is 0. The van der Waals surface area contributed by atoms with Crippen molar-refractivity contribution < 1.29 is 0 Å². The first-order chi connectivity index (χ1) is 12.1. The van der Waals surface area contributed by atoms with Crippen LogP contribution in [0.25, 0.3) is 0 Å². The van der Waals surface area contributed by atoms with Gasteiger partial charge in [0, 0.05) is 38.1 Å². The minimum atomic E-state index is 0.404. The SMILES string of the molecule is CC1CCCN(c2cc(Cl)nc(NC(=S)NCc3cccnc3)n2)C1. The molecule has 2 N–H and O–H groups in total. The van der Waals surface area contributed by atoms with Gasteiger partial charge in [-0.3, -0.25) is 4.98 Å². The van der Waals surface area contributed by atoms with E-state index in [0.29, 0.717) is 28.7 Å². The molecule has 0 bridgehead atoms. The van der Waals surface area contributed by atoms with Crippen LogP contribution >= 0.6 is 23.8 Å². The summed E-state index contributed by atoms with van der Waals surface area (Å²) in [6.07, 6.45) is 5.95. The maximum Gasteiger partial charge on any atom is 0.232 e. The Morgan fingerprint density at radius 3 is 3.08 bits per heavy atom. The molecule has 1 unspecified atom stereocenters. The molecule has 2 aromatic rings. The molecule has 6 nitrogen and oxygen atoms in total. The fraction of sp³-hybridized carbons (Fsp3) is 0.412. The zero-order chi connectivity index (χ0) is 17.6. The molecule has 25 heavy (non-hydrogen) atoms. The minimum Gasteiger partial charge on any atom is -0.358 e. The summed E-state index contributed by atoms with van der Waals surface area (Å²) in [5.74, 6) is 1.90. The van der Waals surface area contributed by atoms with Crippen molar-refractivity contribution in [2.45, 2.75) is 26.3 Å². The van der Waals surface area contributed by atoms with E-state index in [9.17, 15) is 0 Å². The van der Waals surface area contributed by atoms with Crippen LogP contribution in [-0.2, 0) is 6.54 Å². The number of hydrogen-bond donors (Lipinski definition) is 2. The van der Waals surface area contributed by atoms with Crippen LogP contribution in [0.15, 0.2) is 30.6 Å². The van der Waals surface area contributed by atoms with E-state index < -0.39 is 0 Å². The standard InChI is InChI=1S/C17H21ClN6S/c1-12-4-3-7-24(11-12)15-8-14(18)21-16(22-15)23-17(25)20-10-13-5-2-6-19-9-13/h2,5-6,8-9,12H,3-4,7,10-11H2,1H3,(H2,20,21,22,23,25). The van der Waals surface area contributed by atoms with Crippen LogP contribution in [0.3, 0.4) is 0 Å². The van der Waals surface area contributed by atoms with Gasteiger partial charge in [0.25, 0.3) is 0 Å². The summed E-state index contributed by atoms with van der Waals surface area (Å²) >= 11 is 11.5. The maximum atomic E-state index is 6.17. The van der Waals surface area contributed by atoms with Crippen molar-refractivity contribution in [3.05, 3.63) is 41.3 Å². The number of halogens is 1. The fourth-order valence-corrected chi connectivity index (χ4v) is 3.19. The molecule has 0 aliphatic carbocycles. The lowest BCUT2D eigenvalue weighted by atomic mass is 10.0. The van der Waals surface area contributed by atoms with Crippen LogP contribution in [0.1, 0.15) is 25.3 Å². The Bertz CT molecular complexity index is 726. The molecule has 1 saturated heterocycles. The van der Waals surface area contributed by atoms with Crippen molar-refractivity contribution in [1.29, 1.82) is 0 Å². The fourth-order valence-electron chi connectivity index (χ4n) is 2.85. The number of nitrogens with one attached hydrogen (secondary N) is 2. The summed E-state index contributed by atoms with van der Waals surface area (Å²) in [5, 5.41) is 6.98. The van der Waals surface area contributed by atoms with Gasteiger partial charge < -0.3 is 15.5 Å². The quantitative estimate of drug-likeness (QED) is 0.627. The van der Waals surface area contributed by atoms with Gasteiger partial charge in [-0.05, 0) is 42.6 Å². The lowest BCUT2D eigenvalue weighted by Gasteiger charge is -2.32. The monoisotopic (exact) mass is 376 g/mol. The van der Waals surface area contributed by atoms with Gasteiger partial charge in [0.2, 0.25) is 5.95 Å². The molecule has 0 radical (unpaired) electrons. The number of anilines is 2. The Morgan fingerprint density at radius 2 is 2.32 bits per heavy atom. The maximum absolute atomic E-state index is 6.17. The van der Waals surface area contributed by atoms with Gasteiger partial charge in [-0.2, -0.15) is 4.98 Å². The highest BCUT2D eigenvalue weighted by Crippen LogP contribution is 2.24. The first-order valence-electron chi connectivity index (χ1n) is 8.33. The van der Waals surface area contributed by atoms with Crippen molar-refractivity contribution in [3.63, 3.8) is 0 Å². The van der Waals surface area contributed by atoms with Gasteiger partial charge >= 0.3 is 0 Å². The van der Waals surface area contributed by atoms with E-state index in [1.165, 1.54) is 6.42 Å². The van der Waals surface area contributed by atoms with Crippen LogP contribution < -0.4 is 15.5 Å². The van der Waals surface area contributed by atoms with Crippen molar-refractivity contribution in [2.24, 2.45) is 5.92 Å². The second-order valence-corrected chi connectivity index (χ2v) is 7.03. The van der Waals surface area contributed by atoms with E-state index in [1.54, 1.807) is 18.5 Å². The van der Waals surface area contributed by atoms with Gasteiger partial charge in [-0.1, -0.05) is 24.6 Å². The van der Waals surface area contributed by atoms with E-state index in [2.05, 4.69) is 37.4 Å². The molecular formula is C17H21ClN6S. The highest BCUT2D eigenvalue weighted by atomic mass is 35.5. The molecule has 1 fully saturated rings. The zero-order valence-electron chi connectivity index (χ0n) is 14.1. The third kappa shape index (κ3) is 5.24. The van der Waals surface area contributed by atoms with Gasteiger partial charge in [0.1, 0.15) is 11.0 Å². The molecule has 0 saturated carbocycles. The minimum absolute atomic E-state index is 0.404. The number of aromatic nitrogens is 3. The van der Waals surface area contributed by atoms with Gasteiger partial charge in [-0.25, -0.2) is 4.98 Å². The largest absolute Gasteiger partial charge is 0.358 e. The number of hydrogen-bond acceptors (Lipinski definition) is 5. The molecule has 1 aliphatic rings. The van der Waals surface area contributed by atoms with E-state index in [1.807, 2.05) is 12.1 Å². The summed E-state index contributed by atoms with van der Waals surface area (Å²) in [4.78, 5) is 15.1. The second-order valence-electron chi connectivity index (χ2n) is 6.23. The number of thiocarbonyl (C=S) groups is 1. The Morgan fingerprint density at radius 1 is 1.44 bits per heavy atom. The van der Waals surface area contributed by atoms with E-state index in [0.717, 1.165) is 30.9 Å². The Hall–Kier alpha value is -1.99. The summed E-state index contributed by atoms with van der Waals surface area (Å²) in [6.45, 7) is 4.81. The molecule has 2 aromatic heterocycles. The third-order valence-electron chi connectivity index (χ3n) is 4.06. The predicted molar refractivity (Wildman–Crippen MR) is 105 cm³/mol. The molecule has 3 rings (SSSR count). The molecule has 3 heterocycles. The van der Waals surface area contributed by atoms with Crippen LogP contribution in [-0.4, -0.2) is 33.2 Å². The molecule has 132 valence electrons. The first kappa shape index (κ1) is 17.8. The summed E-state index contributed by atoms with van der Waals surface area (Å²) < 4.78 is 0. The molecular weight excluding hydrogens is 356 g/mol. The molecule has 0 aromatic carbocycles. The Balaban J connectivity index is 1.62.